The molecular formula is C16H18N2O5. The van der Waals surface area contributed by atoms with Crippen LogP contribution in [0.3, 0.4) is 0 Å². The van der Waals surface area contributed by atoms with E-state index < -0.39 is 0 Å². The molecule has 0 saturated carbocycles. The maximum atomic E-state index is 11.8. The molecule has 1 heterocycles. The van der Waals surface area contributed by atoms with Gasteiger partial charge in [0.1, 0.15) is 18.1 Å². The first-order valence-corrected chi connectivity index (χ1v) is 7.01. The Morgan fingerprint density at radius 2 is 1.78 bits per heavy atom. The van der Waals surface area contributed by atoms with Crippen LogP contribution in [-0.4, -0.2) is 32.1 Å². The summed E-state index contributed by atoms with van der Waals surface area (Å²) in [6.45, 7) is 2.00. The van der Waals surface area contributed by atoms with Gasteiger partial charge in [0, 0.05) is 13.0 Å². The largest absolute Gasteiger partial charge is 0.497 e. The minimum atomic E-state index is -0.375. The smallest absolute Gasteiger partial charge is 0.287 e. The lowest BCUT2D eigenvalue weighted by Gasteiger charge is -2.07. The van der Waals surface area contributed by atoms with Gasteiger partial charge >= 0.3 is 0 Å². The number of carbonyl (C=O) groups excluding carboxylic acids is 2. The number of ether oxygens (including phenoxy) is 2. The number of hydrogen-bond donors (Lipinski definition) is 2. The Bertz CT molecular complexity index is 663. The van der Waals surface area contributed by atoms with Gasteiger partial charge in [-0.25, -0.2) is 0 Å². The summed E-state index contributed by atoms with van der Waals surface area (Å²) in [4.78, 5) is 22.7. The summed E-state index contributed by atoms with van der Waals surface area (Å²) in [7, 11) is 1.59. The highest BCUT2D eigenvalue weighted by Crippen LogP contribution is 2.16. The van der Waals surface area contributed by atoms with E-state index in [1.165, 1.54) is 19.1 Å². The molecule has 122 valence electrons. The predicted octanol–water partition coefficient (Wildman–Crippen LogP) is 2.06. The van der Waals surface area contributed by atoms with Crippen LogP contribution in [0.1, 0.15) is 17.5 Å². The zero-order valence-electron chi connectivity index (χ0n) is 12.9. The number of methoxy groups -OCH3 is 1. The Morgan fingerprint density at radius 1 is 1.09 bits per heavy atom. The van der Waals surface area contributed by atoms with Crippen LogP contribution in [0.5, 0.6) is 11.5 Å². The van der Waals surface area contributed by atoms with Crippen molar-refractivity contribution in [3.8, 4) is 11.5 Å². The van der Waals surface area contributed by atoms with E-state index in [1.807, 2.05) is 0 Å². The van der Waals surface area contributed by atoms with Crippen molar-refractivity contribution in [2.45, 2.75) is 6.92 Å². The Hall–Kier alpha value is -2.96. The van der Waals surface area contributed by atoms with E-state index in [1.54, 1.807) is 31.4 Å². The standard InChI is InChI=1S/C16H18N2O5/c1-11(19)18-15-8-7-14(23-15)16(20)17-9-10-22-13-5-3-12(21-2)4-6-13/h3-8H,9-10H2,1-2H3,(H,17,20)(H,18,19). The zero-order valence-corrected chi connectivity index (χ0v) is 12.9. The van der Waals surface area contributed by atoms with Gasteiger partial charge in [0.25, 0.3) is 5.91 Å². The molecule has 0 atom stereocenters. The van der Waals surface area contributed by atoms with E-state index >= 15 is 0 Å². The second-order valence-corrected chi connectivity index (χ2v) is 4.62. The van der Waals surface area contributed by atoms with E-state index in [4.69, 9.17) is 13.9 Å². The Labute approximate surface area is 133 Å². The molecule has 0 spiro atoms. The molecule has 7 nitrogen and oxygen atoms in total. The monoisotopic (exact) mass is 318 g/mol. The van der Waals surface area contributed by atoms with E-state index in [9.17, 15) is 9.59 Å². The number of hydrogen-bond acceptors (Lipinski definition) is 5. The first-order valence-electron chi connectivity index (χ1n) is 7.01. The van der Waals surface area contributed by atoms with Crippen LogP contribution in [0.4, 0.5) is 5.88 Å². The van der Waals surface area contributed by atoms with Crippen molar-refractivity contribution in [1.29, 1.82) is 0 Å². The fourth-order valence-corrected chi connectivity index (χ4v) is 1.79. The molecule has 7 heteroatoms. The van der Waals surface area contributed by atoms with Gasteiger partial charge in [-0.2, -0.15) is 0 Å². The minimum absolute atomic E-state index is 0.123. The van der Waals surface area contributed by atoms with Crippen LogP contribution in [0.15, 0.2) is 40.8 Å². The van der Waals surface area contributed by atoms with Crippen molar-refractivity contribution in [3.63, 3.8) is 0 Å². The number of nitrogens with one attached hydrogen (secondary N) is 2. The van der Waals surface area contributed by atoms with Gasteiger partial charge in [0.15, 0.2) is 11.6 Å². The molecule has 2 aromatic rings. The molecule has 0 saturated heterocycles. The number of anilines is 1. The van der Waals surface area contributed by atoms with Crippen molar-refractivity contribution in [3.05, 3.63) is 42.2 Å². The maximum absolute atomic E-state index is 11.8. The van der Waals surface area contributed by atoms with E-state index in [-0.39, 0.29) is 23.5 Å². The molecular weight excluding hydrogens is 300 g/mol. The number of amides is 2. The lowest BCUT2D eigenvalue weighted by Crippen LogP contribution is -2.27. The third-order valence-electron chi connectivity index (χ3n) is 2.84. The molecule has 0 bridgehead atoms. The summed E-state index contributed by atoms with van der Waals surface area (Å²) in [5.74, 6) is 1.15. The third kappa shape index (κ3) is 5.06. The van der Waals surface area contributed by atoms with Gasteiger partial charge in [0.2, 0.25) is 5.91 Å². The molecule has 0 radical (unpaired) electrons. The van der Waals surface area contributed by atoms with Crippen LogP contribution in [0.2, 0.25) is 0 Å². The van der Waals surface area contributed by atoms with E-state index in [0.29, 0.717) is 18.9 Å². The molecule has 1 aromatic heterocycles. The molecule has 0 aliphatic rings. The summed E-state index contributed by atoms with van der Waals surface area (Å²) in [5.41, 5.74) is 0. The van der Waals surface area contributed by atoms with Crippen LogP contribution < -0.4 is 20.1 Å². The summed E-state index contributed by atoms with van der Waals surface area (Å²) in [5, 5.41) is 5.12. The number of rotatable bonds is 7. The van der Waals surface area contributed by atoms with E-state index in [2.05, 4.69) is 10.6 Å². The minimum Gasteiger partial charge on any atom is -0.497 e. The van der Waals surface area contributed by atoms with Crippen LogP contribution in [0, 0.1) is 0 Å². The van der Waals surface area contributed by atoms with Gasteiger partial charge in [-0.3, -0.25) is 14.9 Å². The molecule has 0 aliphatic carbocycles. The molecule has 0 unspecified atom stereocenters. The van der Waals surface area contributed by atoms with Gasteiger partial charge in [-0.1, -0.05) is 0 Å². The summed E-state index contributed by atoms with van der Waals surface area (Å²) >= 11 is 0. The highest BCUT2D eigenvalue weighted by atomic mass is 16.5. The van der Waals surface area contributed by atoms with Gasteiger partial charge < -0.3 is 19.2 Å². The van der Waals surface area contributed by atoms with Crippen molar-refractivity contribution in [1.82, 2.24) is 5.32 Å². The Kier molecular flexibility index (Phi) is 5.62. The van der Waals surface area contributed by atoms with Crippen molar-refractivity contribution in [2.75, 3.05) is 25.6 Å². The van der Waals surface area contributed by atoms with Crippen LogP contribution >= 0.6 is 0 Å². The van der Waals surface area contributed by atoms with Crippen LogP contribution in [0.25, 0.3) is 0 Å². The molecule has 0 aliphatic heterocycles. The molecule has 2 rings (SSSR count). The van der Waals surface area contributed by atoms with Gasteiger partial charge in [-0.05, 0) is 30.3 Å². The van der Waals surface area contributed by atoms with E-state index in [0.717, 1.165) is 5.75 Å². The predicted molar refractivity (Wildman–Crippen MR) is 83.8 cm³/mol. The maximum Gasteiger partial charge on any atom is 0.287 e. The highest BCUT2D eigenvalue weighted by Gasteiger charge is 2.11. The summed E-state index contributed by atoms with van der Waals surface area (Å²) in [6, 6.07) is 10.2. The SMILES string of the molecule is COc1ccc(OCCNC(=O)c2ccc(NC(C)=O)o2)cc1. The second kappa shape index (κ2) is 7.88. The third-order valence-corrected chi connectivity index (χ3v) is 2.84. The number of benzene rings is 1. The van der Waals surface area contributed by atoms with Gasteiger partial charge in [0.05, 0.1) is 13.7 Å². The molecule has 2 amide bonds. The number of furan rings is 1. The lowest BCUT2D eigenvalue weighted by molar-refractivity contribution is -0.114. The fourth-order valence-electron chi connectivity index (χ4n) is 1.79. The first-order chi connectivity index (χ1) is 11.1. The average Bonchev–Trinajstić information content (AvgIpc) is 2.99. The highest BCUT2D eigenvalue weighted by molar-refractivity contribution is 5.93. The normalized spacial score (nSPS) is 10.0. The molecule has 2 N–H and O–H groups in total. The average molecular weight is 318 g/mol. The lowest BCUT2D eigenvalue weighted by atomic mass is 10.3. The summed E-state index contributed by atoms with van der Waals surface area (Å²) < 4.78 is 15.7. The fraction of sp³-hybridized carbons (Fsp3) is 0.250. The van der Waals surface area contributed by atoms with Crippen LogP contribution in [-0.2, 0) is 4.79 Å². The topological polar surface area (TPSA) is 89.8 Å². The summed E-state index contributed by atoms with van der Waals surface area (Å²) in [6.07, 6.45) is 0. The molecule has 23 heavy (non-hydrogen) atoms. The Balaban J connectivity index is 1.73. The van der Waals surface area contributed by atoms with Gasteiger partial charge in [-0.15, -0.1) is 0 Å². The van der Waals surface area contributed by atoms with Crippen molar-refractivity contribution >= 4 is 17.7 Å². The first kappa shape index (κ1) is 16.4. The zero-order chi connectivity index (χ0) is 16.7. The Morgan fingerprint density at radius 3 is 2.43 bits per heavy atom. The number of carbonyl (C=O) groups is 2. The molecule has 0 fully saturated rings. The quantitative estimate of drug-likeness (QED) is 0.763. The van der Waals surface area contributed by atoms with Crippen molar-refractivity contribution in [2.24, 2.45) is 0 Å². The van der Waals surface area contributed by atoms with Crippen molar-refractivity contribution < 1.29 is 23.5 Å². The second-order valence-electron chi connectivity index (χ2n) is 4.62. The molecule has 1 aromatic carbocycles.